The van der Waals surface area contributed by atoms with E-state index in [9.17, 15) is 15.0 Å². The average molecular weight is 264 g/mol. The number of fused-ring (bicyclic) bond motifs is 1. The summed E-state index contributed by atoms with van der Waals surface area (Å²) in [6.07, 6.45) is 4.69. The molecule has 19 heavy (non-hydrogen) atoms. The van der Waals surface area contributed by atoms with E-state index < -0.39 is 24.1 Å². The monoisotopic (exact) mass is 264 g/mol. The van der Waals surface area contributed by atoms with Crippen LogP contribution in [0.5, 0.6) is 0 Å². The maximum Gasteiger partial charge on any atom is 0.334 e. The molecule has 4 nitrogen and oxygen atoms in total. The quantitative estimate of drug-likeness (QED) is 0.428. The van der Waals surface area contributed by atoms with Gasteiger partial charge in [-0.3, -0.25) is 0 Å². The normalized spacial score (nSPS) is 37.7. The van der Waals surface area contributed by atoms with Crippen LogP contribution in [0.3, 0.4) is 0 Å². The highest BCUT2D eigenvalue weighted by Crippen LogP contribution is 2.34. The van der Waals surface area contributed by atoms with Crippen LogP contribution in [0.2, 0.25) is 0 Å². The Kier molecular flexibility index (Phi) is 4.22. The molecule has 0 bridgehead atoms. The van der Waals surface area contributed by atoms with E-state index >= 15 is 0 Å². The van der Waals surface area contributed by atoms with Crippen molar-refractivity contribution < 1.29 is 19.7 Å². The summed E-state index contributed by atoms with van der Waals surface area (Å²) in [6.45, 7) is 5.63. The summed E-state index contributed by atoms with van der Waals surface area (Å²) in [5.74, 6) is -0.859. The van der Waals surface area contributed by atoms with Gasteiger partial charge in [-0.15, -0.1) is 0 Å². The van der Waals surface area contributed by atoms with Gasteiger partial charge in [0.1, 0.15) is 6.10 Å². The molecule has 2 rings (SSSR count). The first-order valence-electron chi connectivity index (χ1n) is 6.57. The first-order chi connectivity index (χ1) is 9.02. The van der Waals surface area contributed by atoms with Crippen molar-refractivity contribution in [1.82, 2.24) is 0 Å². The summed E-state index contributed by atoms with van der Waals surface area (Å²) in [4.78, 5) is 11.6. The molecule has 0 radical (unpaired) electrons. The third-order valence-corrected chi connectivity index (χ3v) is 3.77. The van der Waals surface area contributed by atoms with Crippen LogP contribution in [0, 0.1) is 5.92 Å². The Hall–Kier alpha value is -1.39. The van der Waals surface area contributed by atoms with E-state index in [-0.39, 0.29) is 6.61 Å². The molecule has 0 aromatic carbocycles. The highest BCUT2D eigenvalue weighted by atomic mass is 16.6. The number of hydrogen-bond acceptors (Lipinski definition) is 4. The topological polar surface area (TPSA) is 66.8 Å². The standard InChI is InChI=1S/C15H20O4/c1-9-4-3-5-11(8-16)7-12(17)14-10(2)15(18)19-13(14)6-9/h5-6,12-14,16-17H,2-4,7-8H2,1H3/b9-6+,11-5+/t12-,13-,14-/m1/s1. The number of allylic oxidation sites excluding steroid dienone is 2. The number of carbonyl (C=O) groups is 1. The molecular formula is C15H20O4. The van der Waals surface area contributed by atoms with Crippen molar-refractivity contribution in [2.75, 3.05) is 6.61 Å². The van der Waals surface area contributed by atoms with E-state index in [1.54, 1.807) is 0 Å². The van der Waals surface area contributed by atoms with Gasteiger partial charge in [0, 0.05) is 5.57 Å². The zero-order valence-electron chi connectivity index (χ0n) is 11.1. The summed E-state index contributed by atoms with van der Waals surface area (Å²) in [5.41, 5.74) is 2.23. The highest BCUT2D eigenvalue weighted by Gasteiger charge is 2.42. The van der Waals surface area contributed by atoms with Gasteiger partial charge in [0.2, 0.25) is 0 Å². The van der Waals surface area contributed by atoms with Crippen LogP contribution in [0.1, 0.15) is 26.2 Å². The first kappa shape index (κ1) is 14.0. The Morgan fingerprint density at radius 2 is 2.26 bits per heavy atom. The second-order valence-corrected chi connectivity index (χ2v) is 5.26. The molecule has 1 fully saturated rings. The molecule has 1 saturated heterocycles. The minimum Gasteiger partial charge on any atom is -0.454 e. The van der Waals surface area contributed by atoms with E-state index in [2.05, 4.69) is 6.58 Å². The Morgan fingerprint density at radius 1 is 1.53 bits per heavy atom. The third kappa shape index (κ3) is 2.96. The van der Waals surface area contributed by atoms with Gasteiger partial charge in [0.25, 0.3) is 0 Å². The third-order valence-electron chi connectivity index (χ3n) is 3.77. The van der Waals surface area contributed by atoms with E-state index in [4.69, 9.17) is 4.74 Å². The molecule has 3 atom stereocenters. The van der Waals surface area contributed by atoms with Gasteiger partial charge in [0.15, 0.2) is 0 Å². The minimum absolute atomic E-state index is 0.0709. The van der Waals surface area contributed by atoms with E-state index in [0.717, 1.165) is 24.0 Å². The van der Waals surface area contributed by atoms with Crippen molar-refractivity contribution in [3.63, 3.8) is 0 Å². The lowest BCUT2D eigenvalue weighted by atomic mass is 9.85. The van der Waals surface area contributed by atoms with Gasteiger partial charge in [-0.05, 0) is 37.8 Å². The predicted molar refractivity (Wildman–Crippen MR) is 71.3 cm³/mol. The molecule has 2 aliphatic rings. The zero-order chi connectivity index (χ0) is 14.0. The zero-order valence-corrected chi connectivity index (χ0v) is 11.1. The molecule has 104 valence electrons. The van der Waals surface area contributed by atoms with Crippen LogP contribution in [-0.2, 0) is 9.53 Å². The summed E-state index contributed by atoms with van der Waals surface area (Å²) in [5, 5.41) is 19.6. The molecule has 0 spiro atoms. The summed E-state index contributed by atoms with van der Waals surface area (Å²) in [6, 6.07) is 0. The molecule has 4 heteroatoms. The Bertz CT molecular complexity index is 447. The number of hydrogen-bond donors (Lipinski definition) is 2. The number of aliphatic hydroxyl groups is 2. The number of ether oxygens (including phenoxy) is 1. The fraction of sp³-hybridized carbons (Fsp3) is 0.533. The number of aliphatic hydroxyl groups excluding tert-OH is 2. The van der Waals surface area contributed by atoms with Crippen molar-refractivity contribution in [3.8, 4) is 0 Å². The molecule has 0 amide bonds. The summed E-state index contributed by atoms with van der Waals surface area (Å²) < 4.78 is 5.26. The molecular weight excluding hydrogens is 244 g/mol. The number of carbonyl (C=O) groups excluding carboxylic acids is 1. The van der Waals surface area contributed by atoms with E-state index in [0.29, 0.717) is 12.0 Å². The molecule has 1 aliphatic carbocycles. The van der Waals surface area contributed by atoms with Gasteiger partial charge >= 0.3 is 5.97 Å². The first-order valence-corrected chi connectivity index (χ1v) is 6.57. The van der Waals surface area contributed by atoms with E-state index in [1.165, 1.54) is 0 Å². The molecule has 1 heterocycles. The van der Waals surface area contributed by atoms with Crippen LogP contribution < -0.4 is 0 Å². The van der Waals surface area contributed by atoms with Gasteiger partial charge in [-0.1, -0.05) is 18.2 Å². The minimum atomic E-state index is -0.760. The number of esters is 1. The van der Waals surface area contributed by atoms with Gasteiger partial charge < -0.3 is 14.9 Å². The number of rotatable bonds is 1. The molecule has 0 saturated carbocycles. The molecule has 0 unspecified atom stereocenters. The SMILES string of the molecule is C=C1C(=O)O[C@@H]2/C=C(\C)CC/C=C(/CO)C[C@@H](O)[C@@H]12. The van der Waals surface area contributed by atoms with E-state index in [1.807, 2.05) is 19.1 Å². The Labute approximate surface area is 113 Å². The maximum absolute atomic E-state index is 11.6. The lowest BCUT2D eigenvalue weighted by Gasteiger charge is -2.23. The van der Waals surface area contributed by atoms with Crippen molar-refractivity contribution >= 4 is 5.97 Å². The molecule has 0 aromatic rings. The highest BCUT2D eigenvalue weighted by molar-refractivity contribution is 5.91. The van der Waals surface area contributed by atoms with Crippen LogP contribution in [0.25, 0.3) is 0 Å². The lowest BCUT2D eigenvalue weighted by Crippen LogP contribution is -2.29. The van der Waals surface area contributed by atoms with Crippen molar-refractivity contribution in [2.24, 2.45) is 5.92 Å². The van der Waals surface area contributed by atoms with Gasteiger partial charge in [-0.25, -0.2) is 4.79 Å². The summed E-state index contributed by atoms with van der Waals surface area (Å²) in [7, 11) is 0. The van der Waals surface area contributed by atoms with Crippen molar-refractivity contribution in [2.45, 2.75) is 38.4 Å². The van der Waals surface area contributed by atoms with Crippen LogP contribution >= 0.6 is 0 Å². The maximum atomic E-state index is 11.6. The van der Waals surface area contributed by atoms with Crippen LogP contribution in [0.4, 0.5) is 0 Å². The fourth-order valence-corrected chi connectivity index (χ4v) is 2.67. The van der Waals surface area contributed by atoms with Crippen LogP contribution in [-0.4, -0.2) is 35.0 Å². The Morgan fingerprint density at radius 3 is 2.95 bits per heavy atom. The average Bonchev–Trinajstić information content (AvgIpc) is 2.63. The lowest BCUT2D eigenvalue weighted by molar-refractivity contribution is -0.137. The van der Waals surface area contributed by atoms with Crippen molar-refractivity contribution in [3.05, 3.63) is 35.5 Å². The predicted octanol–water partition coefficient (Wildman–Crippen LogP) is 1.49. The van der Waals surface area contributed by atoms with Crippen LogP contribution in [0.15, 0.2) is 35.5 Å². The largest absolute Gasteiger partial charge is 0.454 e. The van der Waals surface area contributed by atoms with Crippen molar-refractivity contribution in [1.29, 1.82) is 0 Å². The summed E-state index contributed by atoms with van der Waals surface area (Å²) >= 11 is 0. The molecule has 1 aliphatic heterocycles. The van der Waals surface area contributed by atoms with Gasteiger partial charge in [-0.2, -0.15) is 0 Å². The second kappa shape index (κ2) is 5.72. The second-order valence-electron chi connectivity index (χ2n) is 5.26. The fourth-order valence-electron chi connectivity index (χ4n) is 2.67. The smallest absolute Gasteiger partial charge is 0.334 e. The molecule has 2 N–H and O–H groups in total. The molecule has 0 aromatic heterocycles. The Balaban J connectivity index is 2.32. The van der Waals surface area contributed by atoms with Gasteiger partial charge in [0.05, 0.1) is 18.6 Å².